The zero-order valence-corrected chi connectivity index (χ0v) is 7.49. The van der Waals surface area contributed by atoms with Crippen LogP contribution in [-0.4, -0.2) is 6.29 Å². The maximum absolute atomic E-state index is 10.6. The van der Waals surface area contributed by atoms with E-state index in [0.717, 1.165) is 23.7 Å². The molecule has 0 amide bonds. The topological polar surface area (TPSA) is 17.1 Å². The standard InChI is InChI=1S/C12H12O/c13-7-8-1-4-11-9-2-3-10(6-9)12(11)5-8/h1,4-5,7,9-10H,2-3,6H2. The Labute approximate surface area is 77.8 Å². The molecule has 1 heteroatoms. The van der Waals surface area contributed by atoms with Crippen LogP contribution in [0.4, 0.5) is 0 Å². The van der Waals surface area contributed by atoms with Crippen molar-refractivity contribution in [1.29, 1.82) is 0 Å². The molecule has 0 radical (unpaired) electrons. The molecule has 3 rings (SSSR count). The van der Waals surface area contributed by atoms with Crippen LogP contribution in [0.3, 0.4) is 0 Å². The number of hydrogen-bond donors (Lipinski definition) is 0. The fourth-order valence-electron chi connectivity index (χ4n) is 2.94. The normalized spacial score (nSPS) is 28.9. The van der Waals surface area contributed by atoms with Gasteiger partial charge in [-0.05, 0) is 48.3 Å². The summed E-state index contributed by atoms with van der Waals surface area (Å²) in [4.78, 5) is 10.6. The maximum atomic E-state index is 10.6. The molecule has 2 aliphatic carbocycles. The quantitative estimate of drug-likeness (QED) is 0.595. The highest BCUT2D eigenvalue weighted by Gasteiger charge is 2.36. The van der Waals surface area contributed by atoms with Gasteiger partial charge in [-0.15, -0.1) is 0 Å². The summed E-state index contributed by atoms with van der Waals surface area (Å²) in [5, 5.41) is 0. The van der Waals surface area contributed by atoms with Gasteiger partial charge in [-0.2, -0.15) is 0 Å². The predicted octanol–water partition coefficient (Wildman–Crippen LogP) is 2.86. The molecule has 66 valence electrons. The molecule has 0 saturated heterocycles. The summed E-state index contributed by atoms with van der Waals surface area (Å²) in [5.74, 6) is 1.57. The van der Waals surface area contributed by atoms with Crippen molar-refractivity contribution in [3.05, 3.63) is 34.9 Å². The Hall–Kier alpha value is -1.11. The van der Waals surface area contributed by atoms with Crippen LogP contribution in [0.2, 0.25) is 0 Å². The van der Waals surface area contributed by atoms with E-state index in [-0.39, 0.29) is 0 Å². The largest absolute Gasteiger partial charge is 0.298 e. The number of benzene rings is 1. The van der Waals surface area contributed by atoms with Crippen LogP contribution in [-0.2, 0) is 0 Å². The molecule has 0 heterocycles. The van der Waals surface area contributed by atoms with Gasteiger partial charge >= 0.3 is 0 Å². The third-order valence-electron chi connectivity index (χ3n) is 3.56. The molecule has 2 bridgehead atoms. The van der Waals surface area contributed by atoms with Crippen molar-refractivity contribution >= 4 is 6.29 Å². The number of carbonyl (C=O) groups is 1. The van der Waals surface area contributed by atoms with Crippen LogP contribution in [0, 0.1) is 0 Å². The lowest BCUT2D eigenvalue weighted by Gasteiger charge is -2.14. The summed E-state index contributed by atoms with van der Waals surface area (Å²) in [5.41, 5.74) is 3.81. The van der Waals surface area contributed by atoms with Crippen molar-refractivity contribution in [3.8, 4) is 0 Å². The van der Waals surface area contributed by atoms with Gasteiger partial charge in [0.05, 0.1) is 0 Å². The van der Waals surface area contributed by atoms with Gasteiger partial charge in [0, 0.05) is 5.56 Å². The Bertz CT molecular complexity index is 367. The van der Waals surface area contributed by atoms with Crippen molar-refractivity contribution in [3.63, 3.8) is 0 Å². The number of fused-ring (bicyclic) bond motifs is 5. The Kier molecular flexibility index (Phi) is 1.37. The molecule has 2 unspecified atom stereocenters. The van der Waals surface area contributed by atoms with E-state index in [1.54, 1.807) is 0 Å². The average molecular weight is 172 g/mol. The van der Waals surface area contributed by atoms with E-state index in [4.69, 9.17) is 0 Å². The summed E-state index contributed by atoms with van der Waals surface area (Å²) < 4.78 is 0. The van der Waals surface area contributed by atoms with Crippen molar-refractivity contribution in [2.24, 2.45) is 0 Å². The van der Waals surface area contributed by atoms with E-state index in [1.165, 1.54) is 30.4 Å². The number of hydrogen-bond acceptors (Lipinski definition) is 1. The van der Waals surface area contributed by atoms with Gasteiger partial charge in [0.15, 0.2) is 0 Å². The van der Waals surface area contributed by atoms with E-state index in [0.29, 0.717) is 0 Å². The lowest BCUT2D eigenvalue weighted by Crippen LogP contribution is -1.98. The summed E-state index contributed by atoms with van der Waals surface area (Å²) in [6, 6.07) is 6.20. The van der Waals surface area contributed by atoms with Crippen LogP contribution < -0.4 is 0 Å². The Balaban J connectivity index is 2.16. The Morgan fingerprint density at radius 2 is 1.92 bits per heavy atom. The van der Waals surface area contributed by atoms with Gasteiger partial charge in [0.1, 0.15) is 6.29 Å². The molecule has 13 heavy (non-hydrogen) atoms. The van der Waals surface area contributed by atoms with Crippen LogP contribution >= 0.6 is 0 Å². The fourth-order valence-corrected chi connectivity index (χ4v) is 2.94. The minimum atomic E-state index is 0.764. The number of rotatable bonds is 1. The SMILES string of the molecule is O=Cc1ccc2c(c1)C1CCC2C1. The third kappa shape index (κ3) is 0.902. The molecule has 1 aromatic rings. The summed E-state index contributed by atoms with van der Waals surface area (Å²) in [6.07, 6.45) is 4.97. The summed E-state index contributed by atoms with van der Waals surface area (Å²) >= 11 is 0. The van der Waals surface area contributed by atoms with E-state index in [2.05, 4.69) is 12.1 Å². The van der Waals surface area contributed by atoms with Gasteiger partial charge in [0.25, 0.3) is 0 Å². The summed E-state index contributed by atoms with van der Waals surface area (Å²) in [7, 11) is 0. The third-order valence-corrected chi connectivity index (χ3v) is 3.56. The lowest BCUT2D eigenvalue weighted by molar-refractivity contribution is 0.112. The van der Waals surface area contributed by atoms with E-state index < -0.39 is 0 Å². The Morgan fingerprint density at radius 3 is 2.69 bits per heavy atom. The van der Waals surface area contributed by atoms with Gasteiger partial charge in [0.2, 0.25) is 0 Å². The molecule has 2 aliphatic rings. The molecule has 0 aromatic heterocycles. The maximum Gasteiger partial charge on any atom is 0.150 e. The first-order valence-corrected chi connectivity index (χ1v) is 4.97. The second kappa shape index (κ2) is 2.44. The first-order valence-electron chi connectivity index (χ1n) is 4.97. The second-order valence-electron chi connectivity index (χ2n) is 4.21. The van der Waals surface area contributed by atoms with E-state index in [9.17, 15) is 4.79 Å². The highest BCUT2D eigenvalue weighted by Crippen LogP contribution is 2.52. The Morgan fingerprint density at radius 1 is 1.15 bits per heavy atom. The molecule has 1 aromatic carbocycles. The fraction of sp³-hybridized carbons (Fsp3) is 0.417. The molecule has 0 aliphatic heterocycles. The van der Waals surface area contributed by atoms with Crippen LogP contribution in [0.25, 0.3) is 0 Å². The predicted molar refractivity (Wildman–Crippen MR) is 51.2 cm³/mol. The van der Waals surface area contributed by atoms with Crippen LogP contribution in [0.15, 0.2) is 18.2 Å². The molecule has 0 N–H and O–H groups in total. The highest BCUT2D eigenvalue weighted by molar-refractivity contribution is 5.75. The molecule has 2 atom stereocenters. The van der Waals surface area contributed by atoms with Crippen LogP contribution in [0.1, 0.15) is 52.6 Å². The first-order chi connectivity index (χ1) is 6.38. The van der Waals surface area contributed by atoms with Crippen molar-refractivity contribution in [2.45, 2.75) is 31.1 Å². The zero-order chi connectivity index (χ0) is 8.84. The first kappa shape index (κ1) is 7.31. The lowest BCUT2D eigenvalue weighted by atomic mass is 9.91. The van der Waals surface area contributed by atoms with Gasteiger partial charge < -0.3 is 0 Å². The molecule has 1 nitrogen and oxygen atoms in total. The zero-order valence-electron chi connectivity index (χ0n) is 7.49. The van der Waals surface area contributed by atoms with Gasteiger partial charge in [-0.1, -0.05) is 12.1 Å². The monoisotopic (exact) mass is 172 g/mol. The molecular weight excluding hydrogens is 160 g/mol. The minimum absolute atomic E-state index is 0.764. The average Bonchev–Trinajstić information content (AvgIpc) is 2.77. The van der Waals surface area contributed by atoms with E-state index in [1.807, 2.05) is 6.07 Å². The molecule has 0 spiro atoms. The molecule has 1 saturated carbocycles. The van der Waals surface area contributed by atoms with Crippen LogP contribution in [0.5, 0.6) is 0 Å². The highest BCUT2D eigenvalue weighted by atomic mass is 16.1. The number of aldehydes is 1. The molecular formula is C12H12O. The number of carbonyl (C=O) groups excluding carboxylic acids is 1. The molecule has 1 fully saturated rings. The summed E-state index contributed by atoms with van der Waals surface area (Å²) in [6.45, 7) is 0. The minimum Gasteiger partial charge on any atom is -0.298 e. The van der Waals surface area contributed by atoms with Crippen molar-refractivity contribution in [1.82, 2.24) is 0 Å². The van der Waals surface area contributed by atoms with Gasteiger partial charge in [-0.3, -0.25) is 4.79 Å². The second-order valence-corrected chi connectivity index (χ2v) is 4.21. The van der Waals surface area contributed by atoms with Gasteiger partial charge in [-0.25, -0.2) is 0 Å². The van der Waals surface area contributed by atoms with Crippen molar-refractivity contribution < 1.29 is 4.79 Å². The smallest absolute Gasteiger partial charge is 0.150 e. The van der Waals surface area contributed by atoms with E-state index >= 15 is 0 Å². The van der Waals surface area contributed by atoms with Crippen molar-refractivity contribution in [2.75, 3.05) is 0 Å².